The van der Waals surface area contributed by atoms with Gasteiger partial charge < -0.3 is 23.4 Å². The van der Waals surface area contributed by atoms with Crippen LogP contribution in [0.5, 0.6) is 17.2 Å². The molecular weight excluding hydrogens is 582 g/mol. The molecule has 1 N–H and O–H groups in total. The van der Waals surface area contributed by atoms with Crippen molar-refractivity contribution in [1.29, 1.82) is 0 Å². The number of hydrogen-bond donors (Lipinski definition) is 1. The normalized spacial score (nSPS) is 11.7. The summed E-state index contributed by atoms with van der Waals surface area (Å²) in [7, 11) is -6.04. The predicted octanol–water partition coefficient (Wildman–Crippen LogP) is 7.81. The highest BCUT2D eigenvalue weighted by Gasteiger charge is 2.49. The first-order valence-electron chi connectivity index (χ1n) is 12.6. The van der Waals surface area contributed by atoms with Crippen molar-refractivity contribution in [2.24, 2.45) is 0 Å². The van der Waals surface area contributed by atoms with Crippen LogP contribution in [0.1, 0.15) is 30.1 Å². The number of halogens is 4. The fourth-order valence-electron chi connectivity index (χ4n) is 3.89. The molecule has 0 spiro atoms. The molecule has 4 rings (SSSR count). The lowest BCUT2D eigenvalue weighted by molar-refractivity contribution is -0.0499. The summed E-state index contributed by atoms with van der Waals surface area (Å²) in [6, 6.07) is 13.9. The van der Waals surface area contributed by atoms with Crippen LogP contribution in [0.2, 0.25) is 0 Å². The van der Waals surface area contributed by atoms with Crippen molar-refractivity contribution in [3.8, 4) is 28.6 Å². The van der Waals surface area contributed by atoms with Gasteiger partial charge in [-0.05, 0) is 74.4 Å². The van der Waals surface area contributed by atoms with E-state index in [1.165, 1.54) is 30.3 Å². The second-order valence-electron chi connectivity index (χ2n) is 8.79. The molecule has 0 aliphatic rings. The maximum Gasteiger partial charge on any atom is 0.534 e. The molecule has 0 aliphatic carbocycles. The van der Waals surface area contributed by atoms with Gasteiger partial charge in [0, 0.05) is 23.6 Å². The van der Waals surface area contributed by atoms with Crippen molar-refractivity contribution < 1.29 is 48.8 Å². The van der Waals surface area contributed by atoms with Gasteiger partial charge in [-0.25, -0.2) is 9.18 Å². The Morgan fingerprint density at radius 2 is 1.69 bits per heavy atom. The first-order valence-corrected chi connectivity index (χ1v) is 14.0. The molecule has 222 valence electrons. The van der Waals surface area contributed by atoms with E-state index in [2.05, 4.69) is 16.1 Å². The monoisotopic (exact) mass is 607 g/mol. The van der Waals surface area contributed by atoms with Crippen molar-refractivity contribution in [3.05, 3.63) is 84.7 Å². The van der Waals surface area contributed by atoms with E-state index >= 15 is 0 Å². The van der Waals surface area contributed by atoms with Crippen LogP contribution in [-0.2, 0) is 14.9 Å². The molecule has 13 heteroatoms. The summed E-state index contributed by atoms with van der Waals surface area (Å²) in [5, 5.41) is 2.82. The molecule has 0 saturated heterocycles. The van der Waals surface area contributed by atoms with Gasteiger partial charge in [-0.15, -0.1) is 6.58 Å². The average Bonchev–Trinajstić information content (AvgIpc) is 3.30. The van der Waals surface area contributed by atoms with Crippen LogP contribution < -0.4 is 14.2 Å². The molecule has 0 bridgehead atoms. The van der Waals surface area contributed by atoms with Gasteiger partial charge >= 0.3 is 21.6 Å². The second-order valence-corrected chi connectivity index (χ2v) is 10.3. The Kier molecular flexibility index (Phi) is 9.10. The number of alkyl halides is 3. The molecule has 0 aliphatic heterocycles. The van der Waals surface area contributed by atoms with E-state index in [0.717, 1.165) is 6.07 Å². The number of esters is 1. The van der Waals surface area contributed by atoms with Gasteiger partial charge in [0.25, 0.3) is 0 Å². The molecule has 1 aromatic heterocycles. The largest absolute Gasteiger partial charge is 0.534 e. The summed E-state index contributed by atoms with van der Waals surface area (Å²) in [6.45, 7) is 5.39. The Morgan fingerprint density at radius 1 is 1.05 bits per heavy atom. The highest BCUT2D eigenvalue weighted by atomic mass is 32.2. The molecule has 0 saturated carbocycles. The molecule has 1 heterocycles. The lowest BCUT2D eigenvalue weighted by atomic mass is 10.0. The number of furan rings is 1. The Morgan fingerprint density at radius 3 is 2.29 bits per heavy atom. The topological polar surface area (TPSA) is 104 Å². The van der Waals surface area contributed by atoms with Gasteiger partial charge in [-0.1, -0.05) is 6.08 Å². The predicted molar refractivity (Wildman–Crippen MR) is 148 cm³/mol. The van der Waals surface area contributed by atoms with Crippen molar-refractivity contribution in [1.82, 2.24) is 0 Å². The molecule has 0 atom stereocenters. The van der Waals surface area contributed by atoms with E-state index in [0.29, 0.717) is 29.9 Å². The number of fused-ring (bicyclic) bond motifs is 1. The Hall–Kier alpha value is -4.52. The van der Waals surface area contributed by atoms with Gasteiger partial charge in [0.15, 0.2) is 5.75 Å². The minimum absolute atomic E-state index is 0.0187. The second kappa shape index (κ2) is 12.6. The molecule has 0 fully saturated rings. The third kappa shape index (κ3) is 6.85. The maximum absolute atomic E-state index is 13.2. The highest BCUT2D eigenvalue weighted by molar-refractivity contribution is 7.88. The summed E-state index contributed by atoms with van der Waals surface area (Å²) in [4.78, 5) is 13.0. The number of ether oxygens (including phenoxy) is 2. The number of hydrogen-bond acceptors (Lipinski definition) is 8. The Balaban J connectivity index is 1.80. The first-order chi connectivity index (χ1) is 19.9. The molecular formula is C29H25F4NO7S. The summed E-state index contributed by atoms with van der Waals surface area (Å²) >= 11 is 0. The summed E-state index contributed by atoms with van der Waals surface area (Å²) in [5.74, 6) is -1.17. The van der Waals surface area contributed by atoms with E-state index in [1.54, 1.807) is 37.3 Å². The van der Waals surface area contributed by atoms with Crippen LogP contribution in [0.15, 0.2) is 77.7 Å². The van der Waals surface area contributed by atoms with Crippen molar-refractivity contribution in [3.63, 3.8) is 0 Å². The van der Waals surface area contributed by atoms with E-state index < -0.39 is 33.2 Å². The van der Waals surface area contributed by atoms with Crippen molar-refractivity contribution >= 4 is 32.7 Å². The molecule has 3 aromatic carbocycles. The Labute approximate surface area is 238 Å². The fraction of sp³-hybridized carbons (Fsp3) is 0.207. The molecule has 42 heavy (non-hydrogen) atoms. The van der Waals surface area contributed by atoms with Crippen molar-refractivity contribution in [2.75, 3.05) is 18.5 Å². The third-order valence-corrected chi connectivity index (χ3v) is 6.78. The molecule has 0 unspecified atom stereocenters. The number of rotatable bonds is 12. The molecule has 0 radical (unpaired) electrons. The third-order valence-electron chi connectivity index (χ3n) is 5.82. The van der Waals surface area contributed by atoms with Crippen LogP contribution in [0, 0.1) is 5.82 Å². The summed E-state index contributed by atoms with van der Waals surface area (Å²) in [6.07, 6.45) is 2.78. The number of unbranched alkanes of at least 4 members (excludes halogenated alkanes) is 1. The van der Waals surface area contributed by atoms with E-state index in [-0.39, 0.29) is 41.1 Å². The zero-order valence-electron chi connectivity index (χ0n) is 22.2. The smallest absolute Gasteiger partial charge is 0.462 e. The molecule has 4 aromatic rings. The van der Waals surface area contributed by atoms with Crippen LogP contribution in [0.3, 0.4) is 0 Å². The van der Waals surface area contributed by atoms with Crippen molar-refractivity contribution in [2.45, 2.75) is 25.3 Å². The number of carbonyl (C=O) groups is 1. The zero-order valence-corrected chi connectivity index (χ0v) is 23.0. The van der Waals surface area contributed by atoms with Crippen LogP contribution >= 0.6 is 0 Å². The Bertz CT molecular complexity index is 1680. The van der Waals surface area contributed by atoms with E-state index in [9.17, 15) is 30.8 Å². The molecule has 8 nitrogen and oxygen atoms in total. The maximum atomic E-state index is 13.2. The quantitative estimate of drug-likeness (QED) is 0.0434. The van der Waals surface area contributed by atoms with Crippen LogP contribution in [0.25, 0.3) is 22.3 Å². The lowest BCUT2D eigenvalue weighted by Crippen LogP contribution is -2.28. The minimum Gasteiger partial charge on any atom is -0.462 e. The summed E-state index contributed by atoms with van der Waals surface area (Å²) < 4.78 is 97.8. The van der Waals surface area contributed by atoms with Gasteiger partial charge in [-0.2, -0.15) is 21.6 Å². The highest BCUT2D eigenvalue weighted by Crippen LogP contribution is 2.41. The van der Waals surface area contributed by atoms with Gasteiger partial charge in [0.2, 0.25) is 0 Å². The number of carbonyl (C=O) groups excluding carboxylic acids is 1. The van der Waals surface area contributed by atoms with Crippen LogP contribution in [0.4, 0.5) is 23.2 Å². The zero-order chi connectivity index (χ0) is 30.5. The van der Waals surface area contributed by atoms with E-state index in [4.69, 9.17) is 13.9 Å². The number of nitrogens with one attached hydrogen (secondary N) is 1. The van der Waals surface area contributed by atoms with Gasteiger partial charge in [0.05, 0.1) is 12.3 Å². The number of allylic oxidation sites excluding steroid dienone is 1. The number of anilines is 1. The minimum atomic E-state index is -6.04. The fourth-order valence-corrected chi connectivity index (χ4v) is 4.36. The lowest BCUT2D eigenvalue weighted by Gasteiger charge is -2.14. The standard InChI is InChI=1S/C29H25F4NO7S/c1-3-5-6-15-34-23-17-24-22(16-25(23)41-42(36,37)29(31,32)33)26(28(35)38-4-2)27(40-24)18-7-11-20(12-8-18)39-21-13-9-19(30)10-14-21/h3,7-14,16-17,34H,1,4-6,15H2,2H3. The van der Waals surface area contributed by atoms with E-state index in [1.807, 2.05) is 0 Å². The SMILES string of the molecule is C=CCCCNc1cc2oc(-c3ccc(Oc4ccc(F)cc4)cc3)c(C(=O)OCC)c2cc1OS(=O)(=O)C(F)(F)F. The summed E-state index contributed by atoms with van der Waals surface area (Å²) in [5.41, 5.74) is -5.50. The number of benzene rings is 3. The van der Waals surface area contributed by atoms with Gasteiger partial charge in [0.1, 0.15) is 34.2 Å². The average molecular weight is 608 g/mol. The van der Waals surface area contributed by atoms with Gasteiger partial charge in [-0.3, -0.25) is 0 Å². The molecule has 0 amide bonds. The van der Waals surface area contributed by atoms with Crippen LogP contribution in [-0.4, -0.2) is 33.0 Å². The first kappa shape index (κ1) is 30.4.